The van der Waals surface area contributed by atoms with Crippen molar-refractivity contribution in [3.8, 4) is 11.5 Å². The molecule has 1 aliphatic carbocycles. The maximum absolute atomic E-state index is 5.88. The fraction of sp³-hybridized carbons (Fsp3) is 0.571. The molecule has 0 bridgehead atoms. The number of benzene rings is 1. The summed E-state index contributed by atoms with van der Waals surface area (Å²) >= 11 is 0. The minimum Gasteiger partial charge on any atom is -0.497 e. The zero-order valence-electron chi connectivity index (χ0n) is 10.6. The van der Waals surface area contributed by atoms with Gasteiger partial charge in [0.2, 0.25) is 0 Å². The average Bonchev–Trinajstić information content (AvgIpc) is 2.89. The summed E-state index contributed by atoms with van der Waals surface area (Å²) in [7, 11) is 3.33. The Morgan fingerprint density at radius 1 is 1.00 bits per heavy atom. The van der Waals surface area contributed by atoms with Gasteiger partial charge in [0, 0.05) is 6.07 Å². The van der Waals surface area contributed by atoms with Gasteiger partial charge in [-0.2, -0.15) is 0 Å². The smallest absolute Gasteiger partial charge is 0.122 e. The molecule has 0 saturated heterocycles. The molecule has 0 unspecified atom stereocenters. The first-order valence-electron chi connectivity index (χ1n) is 6.15. The van der Waals surface area contributed by atoms with Crippen LogP contribution in [0.1, 0.15) is 31.2 Å². The second kappa shape index (κ2) is 5.92. The van der Waals surface area contributed by atoms with Crippen LogP contribution in [0.3, 0.4) is 0 Å². The lowest BCUT2D eigenvalue weighted by Gasteiger charge is -2.12. The molecule has 2 rings (SSSR count). The number of methoxy groups -OCH3 is 2. The topological polar surface area (TPSA) is 27.7 Å². The standard InChI is InChI=1S/C14H20O3/c1-15-13-7-11(8-14(9-13)16-2)10-17-12-5-3-4-6-12/h7-9,12H,3-6,10H2,1-2H3. The van der Waals surface area contributed by atoms with Crippen molar-refractivity contribution in [3.05, 3.63) is 23.8 Å². The van der Waals surface area contributed by atoms with Crippen LogP contribution in [0.25, 0.3) is 0 Å². The van der Waals surface area contributed by atoms with E-state index < -0.39 is 0 Å². The first-order valence-corrected chi connectivity index (χ1v) is 6.15. The highest BCUT2D eigenvalue weighted by Gasteiger charge is 2.15. The van der Waals surface area contributed by atoms with Crippen LogP contribution < -0.4 is 9.47 Å². The molecule has 1 saturated carbocycles. The zero-order valence-corrected chi connectivity index (χ0v) is 10.6. The molecule has 0 heterocycles. The van der Waals surface area contributed by atoms with Crippen molar-refractivity contribution in [2.24, 2.45) is 0 Å². The van der Waals surface area contributed by atoms with E-state index in [1.165, 1.54) is 25.7 Å². The van der Waals surface area contributed by atoms with Gasteiger partial charge in [0.05, 0.1) is 26.9 Å². The van der Waals surface area contributed by atoms with Gasteiger partial charge in [-0.1, -0.05) is 12.8 Å². The predicted molar refractivity (Wildman–Crippen MR) is 66.6 cm³/mol. The van der Waals surface area contributed by atoms with Crippen molar-refractivity contribution in [3.63, 3.8) is 0 Å². The third kappa shape index (κ3) is 3.37. The Hall–Kier alpha value is -1.22. The Bertz CT molecular complexity index is 334. The van der Waals surface area contributed by atoms with E-state index in [1.807, 2.05) is 18.2 Å². The van der Waals surface area contributed by atoms with Crippen LogP contribution in [0.4, 0.5) is 0 Å². The lowest BCUT2D eigenvalue weighted by atomic mass is 10.2. The van der Waals surface area contributed by atoms with Gasteiger partial charge in [-0.3, -0.25) is 0 Å². The number of hydrogen-bond donors (Lipinski definition) is 0. The molecule has 0 spiro atoms. The van der Waals surface area contributed by atoms with Gasteiger partial charge in [-0.15, -0.1) is 0 Å². The molecule has 0 N–H and O–H groups in total. The third-order valence-corrected chi connectivity index (χ3v) is 3.20. The van der Waals surface area contributed by atoms with Gasteiger partial charge < -0.3 is 14.2 Å². The molecule has 94 valence electrons. The largest absolute Gasteiger partial charge is 0.497 e. The van der Waals surface area contributed by atoms with Gasteiger partial charge in [0.1, 0.15) is 11.5 Å². The summed E-state index contributed by atoms with van der Waals surface area (Å²) < 4.78 is 16.3. The maximum atomic E-state index is 5.88. The summed E-state index contributed by atoms with van der Waals surface area (Å²) in [6, 6.07) is 5.87. The van der Waals surface area contributed by atoms with Gasteiger partial charge in [-0.25, -0.2) is 0 Å². The van der Waals surface area contributed by atoms with E-state index in [0.717, 1.165) is 17.1 Å². The molecule has 3 nitrogen and oxygen atoms in total. The summed E-state index contributed by atoms with van der Waals surface area (Å²) in [6.07, 6.45) is 5.42. The van der Waals surface area contributed by atoms with Crippen LogP contribution in [-0.4, -0.2) is 20.3 Å². The van der Waals surface area contributed by atoms with E-state index in [-0.39, 0.29) is 0 Å². The number of ether oxygens (including phenoxy) is 3. The molecule has 1 aromatic rings. The molecule has 0 amide bonds. The molecule has 0 aromatic heterocycles. The molecule has 0 aliphatic heterocycles. The van der Waals surface area contributed by atoms with Crippen LogP contribution in [0.15, 0.2) is 18.2 Å². The summed E-state index contributed by atoms with van der Waals surface area (Å²) in [4.78, 5) is 0. The SMILES string of the molecule is COc1cc(COC2CCCC2)cc(OC)c1. The second-order valence-electron chi connectivity index (χ2n) is 4.44. The fourth-order valence-electron chi connectivity index (χ4n) is 2.22. The maximum Gasteiger partial charge on any atom is 0.122 e. The Labute approximate surface area is 103 Å². The van der Waals surface area contributed by atoms with Crippen molar-refractivity contribution >= 4 is 0 Å². The Kier molecular flexibility index (Phi) is 4.26. The van der Waals surface area contributed by atoms with Crippen LogP contribution >= 0.6 is 0 Å². The van der Waals surface area contributed by atoms with Gasteiger partial charge in [0.25, 0.3) is 0 Å². The van der Waals surface area contributed by atoms with Crippen molar-refractivity contribution in [2.45, 2.75) is 38.4 Å². The summed E-state index contributed by atoms with van der Waals surface area (Å²) in [5.41, 5.74) is 1.10. The van der Waals surface area contributed by atoms with E-state index in [4.69, 9.17) is 14.2 Å². The molecule has 1 fully saturated rings. The van der Waals surface area contributed by atoms with Crippen molar-refractivity contribution in [1.82, 2.24) is 0 Å². The Morgan fingerprint density at radius 2 is 1.59 bits per heavy atom. The molecule has 17 heavy (non-hydrogen) atoms. The minimum atomic E-state index is 0.437. The van der Waals surface area contributed by atoms with E-state index in [2.05, 4.69) is 0 Å². The average molecular weight is 236 g/mol. The van der Waals surface area contributed by atoms with Crippen LogP contribution in [0, 0.1) is 0 Å². The molecule has 0 atom stereocenters. The first-order chi connectivity index (χ1) is 8.31. The molecule has 0 radical (unpaired) electrons. The number of hydrogen-bond acceptors (Lipinski definition) is 3. The highest BCUT2D eigenvalue weighted by Crippen LogP contribution is 2.25. The third-order valence-electron chi connectivity index (χ3n) is 3.20. The quantitative estimate of drug-likeness (QED) is 0.786. The van der Waals surface area contributed by atoms with Crippen molar-refractivity contribution in [2.75, 3.05) is 14.2 Å². The van der Waals surface area contributed by atoms with Crippen molar-refractivity contribution < 1.29 is 14.2 Å². The van der Waals surface area contributed by atoms with Crippen LogP contribution in [-0.2, 0) is 11.3 Å². The first kappa shape index (κ1) is 12.2. The normalized spacial score (nSPS) is 16.1. The van der Waals surface area contributed by atoms with E-state index in [0.29, 0.717) is 12.7 Å². The van der Waals surface area contributed by atoms with Gasteiger partial charge in [-0.05, 0) is 30.5 Å². The van der Waals surface area contributed by atoms with E-state index >= 15 is 0 Å². The van der Waals surface area contributed by atoms with Crippen LogP contribution in [0.5, 0.6) is 11.5 Å². The fourth-order valence-corrected chi connectivity index (χ4v) is 2.22. The Balaban J connectivity index is 1.98. The molecular formula is C14H20O3. The van der Waals surface area contributed by atoms with E-state index in [1.54, 1.807) is 14.2 Å². The summed E-state index contributed by atoms with van der Waals surface area (Å²) in [6.45, 7) is 0.637. The number of rotatable bonds is 5. The lowest BCUT2D eigenvalue weighted by Crippen LogP contribution is -2.07. The molecule has 3 heteroatoms. The van der Waals surface area contributed by atoms with E-state index in [9.17, 15) is 0 Å². The Morgan fingerprint density at radius 3 is 2.12 bits per heavy atom. The van der Waals surface area contributed by atoms with Crippen LogP contribution in [0.2, 0.25) is 0 Å². The minimum absolute atomic E-state index is 0.437. The van der Waals surface area contributed by atoms with Gasteiger partial charge in [0.15, 0.2) is 0 Å². The molecular weight excluding hydrogens is 216 g/mol. The summed E-state index contributed by atoms with van der Waals surface area (Å²) in [5, 5.41) is 0. The van der Waals surface area contributed by atoms with Crippen molar-refractivity contribution in [1.29, 1.82) is 0 Å². The molecule has 1 aromatic carbocycles. The lowest BCUT2D eigenvalue weighted by molar-refractivity contribution is 0.0455. The monoisotopic (exact) mass is 236 g/mol. The zero-order chi connectivity index (χ0) is 12.1. The molecule has 1 aliphatic rings. The highest BCUT2D eigenvalue weighted by atomic mass is 16.5. The second-order valence-corrected chi connectivity index (χ2v) is 4.44. The summed E-state index contributed by atoms with van der Waals surface area (Å²) in [5.74, 6) is 1.63. The van der Waals surface area contributed by atoms with Gasteiger partial charge >= 0.3 is 0 Å². The predicted octanol–water partition coefficient (Wildman–Crippen LogP) is 3.16. The highest BCUT2D eigenvalue weighted by molar-refractivity contribution is 5.38.